The average molecular weight is 246 g/mol. The Balaban J connectivity index is 2.50. The highest BCUT2D eigenvalue weighted by Gasteiger charge is 2.33. The van der Waals surface area contributed by atoms with Gasteiger partial charge in [0.1, 0.15) is 6.04 Å². The van der Waals surface area contributed by atoms with Crippen LogP contribution in [0, 0.1) is 0 Å². The Hall–Kier alpha value is -1.34. The molecule has 7 nitrogen and oxygen atoms in total. The number of nitrogens with zero attached hydrogens (tertiary/aromatic N) is 1. The second-order valence-corrected chi connectivity index (χ2v) is 4.17. The van der Waals surface area contributed by atoms with Crippen LogP contribution in [-0.4, -0.2) is 63.6 Å². The highest BCUT2D eigenvalue weighted by molar-refractivity contribution is 5.82. The zero-order valence-electron chi connectivity index (χ0n) is 9.67. The molecule has 0 spiro atoms. The first-order valence-electron chi connectivity index (χ1n) is 5.60. The summed E-state index contributed by atoms with van der Waals surface area (Å²) in [6.07, 6.45) is -0.937. The summed E-state index contributed by atoms with van der Waals surface area (Å²) < 4.78 is 0. The van der Waals surface area contributed by atoms with Crippen molar-refractivity contribution >= 4 is 12.0 Å². The smallest absolute Gasteiger partial charge is 0.326 e. The van der Waals surface area contributed by atoms with Gasteiger partial charge in [-0.15, -0.1) is 0 Å². The van der Waals surface area contributed by atoms with Crippen LogP contribution in [0.2, 0.25) is 0 Å². The molecule has 1 fully saturated rings. The molecule has 1 aliphatic heterocycles. The molecule has 0 bridgehead atoms. The summed E-state index contributed by atoms with van der Waals surface area (Å²) in [7, 11) is 0. The standard InChI is InChI=1S/C10H18N2O5/c1-2-3-6(9(15)16)11-10(17)12-4-7(13)8(14)5-12/h6-8,13-14H,2-5H2,1H3,(H,11,17)(H,15,16)/t6-,7?,8?/m0/s1. The SMILES string of the molecule is CCC[C@H](NC(=O)N1CC(O)C(O)C1)C(=O)O. The maximum atomic E-state index is 11.7. The Morgan fingerprint density at radius 2 is 1.88 bits per heavy atom. The monoisotopic (exact) mass is 246 g/mol. The molecule has 1 aliphatic rings. The van der Waals surface area contributed by atoms with Crippen LogP contribution in [0.25, 0.3) is 0 Å². The van der Waals surface area contributed by atoms with Crippen LogP contribution in [0.1, 0.15) is 19.8 Å². The molecule has 2 unspecified atom stereocenters. The number of hydrogen-bond donors (Lipinski definition) is 4. The minimum absolute atomic E-state index is 0.0193. The number of amides is 2. The maximum absolute atomic E-state index is 11.7. The van der Waals surface area contributed by atoms with Crippen molar-refractivity contribution in [2.45, 2.75) is 38.0 Å². The molecule has 2 amide bonds. The molecule has 98 valence electrons. The average Bonchev–Trinajstić information content (AvgIpc) is 2.58. The van der Waals surface area contributed by atoms with E-state index in [4.69, 9.17) is 5.11 Å². The minimum Gasteiger partial charge on any atom is -0.480 e. The van der Waals surface area contributed by atoms with Crippen LogP contribution in [-0.2, 0) is 4.79 Å². The number of rotatable bonds is 4. The van der Waals surface area contributed by atoms with Crippen LogP contribution in [0.15, 0.2) is 0 Å². The highest BCUT2D eigenvalue weighted by atomic mass is 16.4. The van der Waals surface area contributed by atoms with Crippen molar-refractivity contribution in [2.75, 3.05) is 13.1 Å². The van der Waals surface area contributed by atoms with Gasteiger partial charge >= 0.3 is 12.0 Å². The lowest BCUT2D eigenvalue weighted by Crippen LogP contribution is -2.47. The summed E-state index contributed by atoms with van der Waals surface area (Å²) in [5, 5.41) is 29.8. The Kier molecular flexibility index (Phi) is 4.71. The van der Waals surface area contributed by atoms with Gasteiger partial charge in [-0.1, -0.05) is 13.3 Å². The lowest BCUT2D eigenvalue weighted by atomic mass is 10.2. The highest BCUT2D eigenvalue weighted by Crippen LogP contribution is 2.10. The number of β-amino-alcohol motifs (C(OH)–C–C–N with tert-alkyl or cyclic N) is 2. The molecule has 0 aromatic heterocycles. The first-order valence-corrected chi connectivity index (χ1v) is 5.60. The van der Waals surface area contributed by atoms with E-state index in [-0.39, 0.29) is 13.1 Å². The number of aliphatic hydroxyl groups is 2. The van der Waals surface area contributed by atoms with Gasteiger partial charge in [-0.25, -0.2) is 9.59 Å². The van der Waals surface area contributed by atoms with Gasteiger partial charge in [-0.3, -0.25) is 0 Å². The van der Waals surface area contributed by atoms with Gasteiger partial charge in [-0.05, 0) is 6.42 Å². The number of nitrogens with one attached hydrogen (secondary N) is 1. The van der Waals surface area contributed by atoms with Crippen LogP contribution in [0.4, 0.5) is 4.79 Å². The zero-order chi connectivity index (χ0) is 13.0. The second kappa shape index (κ2) is 5.83. The number of aliphatic carboxylic acids is 1. The molecule has 17 heavy (non-hydrogen) atoms. The Labute approximate surface area is 99.0 Å². The summed E-state index contributed by atoms with van der Waals surface area (Å²) in [6.45, 7) is 1.86. The van der Waals surface area contributed by atoms with Gasteiger partial charge in [0.25, 0.3) is 0 Å². The van der Waals surface area contributed by atoms with E-state index in [1.54, 1.807) is 0 Å². The summed E-state index contributed by atoms with van der Waals surface area (Å²) >= 11 is 0. The van der Waals surface area contributed by atoms with Crippen LogP contribution in [0.3, 0.4) is 0 Å². The Morgan fingerprint density at radius 1 is 1.35 bits per heavy atom. The van der Waals surface area contributed by atoms with E-state index in [2.05, 4.69) is 5.32 Å². The summed E-state index contributed by atoms with van der Waals surface area (Å²) in [4.78, 5) is 23.7. The van der Waals surface area contributed by atoms with Crippen molar-refractivity contribution < 1.29 is 24.9 Å². The van der Waals surface area contributed by atoms with Crippen LogP contribution < -0.4 is 5.32 Å². The molecule has 0 saturated carbocycles. The normalized spacial score (nSPS) is 25.7. The van der Waals surface area contributed by atoms with Crippen molar-refractivity contribution in [3.63, 3.8) is 0 Å². The van der Waals surface area contributed by atoms with Gasteiger partial charge in [0.05, 0.1) is 25.3 Å². The fourth-order valence-electron chi connectivity index (χ4n) is 1.72. The van der Waals surface area contributed by atoms with Gasteiger partial charge in [0.2, 0.25) is 0 Å². The number of carboxylic acids is 1. The lowest BCUT2D eigenvalue weighted by molar-refractivity contribution is -0.139. The maximum Gasteiger partial charge on any atom is 0.326 e. The quantitative estimate of drug-likeness (QED) is 0.508. The van der Waals surface area contributed by atoms with E-state index in [1.165, 1.54) is 4.90 Å². The molecular weight excluding hydrogens is 228 g/mol. The molecule has 4 N–H and O–H groups in total. The minimum atomic E-state index is -1.08. The van der Waals surface area contributed by atoms with Gasteiger partial charge in [0.15, 0.2) is 0 Å². The molecule has 0 radical (unpaired) electrons. The summed E-state index contributed by atoms with van der Waals surface area (Å²) in [6, 6.07) is -1.50. The van der Waals surface area contributed by atoms with Gasteiger partial charge in [0, 0.05) is 0 Å². The molecule has 0 aliphatic carbocycles. The molecular formula is C10H18N2O5. The fourth-order valence-corrected chi connectivity index (χ4v) is 1.72. The predicted octanol–water partition coefficient (Wildman–Crippen LogP) is -1.01. The van der Waals surface area contributed by atoms with Crippen LogP contribution in [0.5, 0.6) is 0 Å². The number of aliphatic hydroxyl groups excluding tert-OH is 2. The first-order chi connectivity index (χ1) is 7.95. The molecule has 1 saturated heterocycles. The van der Waals surface area contributed by atoms with Crippen LogP contribution >= 0.6 is 0 Å². The topological polar surface area (TPSA) is 110 Å². The van der Waals surface area contributed by atoms with Crippen molar-refractivity contribution in [3.05, 3.63) is 0 Å². The molecule has 7 heteroatoms. The van der Waals surface area contributed by atoms with E-state index in [9.17, 15) is 19.8 Å². The third-order valence-electron chi connectivity index (χ3n) is 2.72. The van der Waals surface area contributed by atoms with Crippen molar-refractivity contribution in [2.24, 2.45) is 0 Å². The predicted molar refractivity (Wildman–Crippen MR) is 58.5 cm³/mol. The van der Waals surface area contributed by atoms with E-state index in [1.807, 2.05) is 6.92 Å². The van der Waals surface area contributed by atoms with E-state index < -0.39 is 30.3 Å². The summed E-state index contributed by atoms with van der Waals surface area (Å²) in [5.74, 6) is -1.08. The van der Waals surface area contributed by atoms with Crippen molar-refractivity contribution in [1.29, 1.82) is 0 Å². The lowest BCUT2D eigenvalue weighted by Gasteiger charge is -2.20. The number of carbonyl (C=O) groups excluding carboxylic acids is 1. The number of urea groups is 1. The molecule has 1 rings (SSSR count). The van der Waals surface area contributed by atoms with E-state index in [0.717, 1.165) is 0 Å². The molecule has 0 aromatic rings. The third kappa shape index (κ3) is 3.57. The third-order valence-corrected chi connectivity index (χ3v) is 2.72. The van der Waals surface area contributed by atoms with E-state index in [0.29, 0.717) is 12.8 Å². The molecule has 0 aromatic carbocycles. The van der Waals surface area contributed by atoms with Gasteiger partial charge < -0.3 is 25.5 Å². The molecule has 1 heterocycles. The second-order valence-electron chi connectivity index (χ2n) is 4.17. The van der Waals surface area contributed by atoms with Crippen molar-refractivity contribution in [1.82, 2.24) is 10.2 Å². The summed E-state index contributed by atoms with van der Waals surface area (Å²) in [5.41, 5.74) is 0. The largest absolute Gasteiger partial charge is 0.480 e. The van der Waals surface area contributed by atoms with Gasteiger partial charge in [-0.2, -0.15) is 0 Å². The first kappa shape index (κ1) is 13.7. The molecule has 3 atom stereocenters. The van der Waals surface area contributed by atoms with E-state index >= 15 is 0 Å². The number of carboxylic acid groups (broad SMARTS) is 1. The van der Waals surface area contributed by atoms with Crippen molar-refractivity contribution in [3.8, 4) is 0 Å². The Morgan fingerprint density at radius 3 is 2.29 bits per heavy atom. The number of carbonyl (C=O) groups is 2. The zero-order valence-corrected chi connectivity index (χ0v) is 9.67. The number of hydrogen-bond acceptors (Lipinski definition) is 4. The fraction of sp³-hybridized carbons (Fsp3) is 0.800. The number of likely N-dealkylation sites (tertiary alicyclic amines) is 1. The Bertz CT molecular complexity index is 286.